The van der Waals surface area contributed by atoms with E-state index in [0.29, 0.717) is 43.3 Å². The number of thiophene rings is 1. The molecule has 2 saturated heterocycles. The Labute approximate surface area is 190 Å². The number of rotatable bonds is 4. The van der Waals surface area contributed by atoms with E-state index in [1.54, 1.807) is 30.1 Å². The zero-order valence-corrected chi connectivity index (χ0v) is 18.9. The lowest BCUT2D eigenvalue weighted by molar-refractivity contribution is -0.160. The highest BCUT2D eigenvalue weighted by Crippen LogP contribution is 2.43. The van der Waals surface area contributed by atoms with E-state index in [-0.39, 0.29) is 24.3 Å². The molecule has 0 aliphatic carbocycles. The van der Waals surface area contributed by atoms with Crippen molar-refractivity contribution in [1.82, 2.24) is 15.0 Å². The molecule has 0 N–H and O–H groups in total. The van der Waals surface area contributed by atoms with E-state index < -0.39 is 5.60 Å². The Morgan fingerprint density at radius 3 is 2.72 bits per heavy atom. The number of carbonyl (C=O) groups is 2. The summed E-state index contributed by atoms with van der Waals surface area (Å²) in [5.41, 5.74) is 0.968. The van der Waals surface area contributed by atoms with Crippen molar-refractivity contribution in [3.05, 3.63) is 75.3 Å². The van der Waals surface area contributed by atoms with Gasteiger partial charge in [-0.3, -0.25) is 9.59 Å². The molecule has 0 unspecified atom stereocenters. The molecule has 32 heavy (non-hydrogen) atoms. The number of likely N-dealkylation sites (tertiary alicyclic amines) is 1. The quantitative estimate of drug-likeness (QED) is 0.608. The van der Waals surface area contributed by atoms with Crippen LogP contribution in [0, 0.1) is 13.8 Å². The predicted molar refractivity (Wildman–Crippen MR) is 119 cm³/mol. The summed E-state index contributed by atoms with van der Waals surface area (Å²) in [6, 6.07) is 14.0. The number of aryl methyl sites for hydroxylation is 2. The van der Waals surface area contributed by atoms with Gasteiger partial charge in [0.25, 0.3) is 11.8 Å². The fourth-order valence-corrected chi connectivity index (χ4v) is 5.58. The van der Waals surface area contributed by atoms with Crippen molar-refractivity contribution in [2.75, 3.05) is 26.2 Å². The molecule has 0 bridgehead atoms. The number of benzene rings is 1. The second kappa shape index (κ2) is 8.18. The molecule has 2 fully saturated rings. The van der Waals surface area contributed by atoms with Crippen molar-refractivity contribution in [1.29, 1.82) is 0 Å². The monoisotopic (exact) mass is 451 g/mol. The molecule has 8 heteroatoms. The van der Waals surface area contributed by atoms with Crippen molar-refractivity contribution < 1.29 is 18.8 Å². The first-order valence-corrected chi connectivity index (χ1v) is 11.6. The highest BCUT2D eigenvalue weighted by Gasteiger charge is 2.58. The van der Waals surface area contributed by atoms with E-state index in [1.807, 2.05) is 52.7 Å². The fourth-order valence-electron chi connectivity index (χ4n) is 4.86. The molecule has 2 aliphatic rings. The van der Waals surface area contributed by atoms with Gasteiger partial charge in [0.15, 0.2) is 5.60 Å². The first-order valence-electron chi connectivity index (χ1n) is 10.7. The highest BCUT2D eigenvalue weighted by molar-refractivity contribution is 7.09. The average Bonchev–Trinajstić information content (AvgIpc) is 3.50. The van der Waals surface area contributed by atoms with Gasteiger partial charge in [0.05, 0.1) is 25.4 Å². The Morgan fingerprint density at radius 2 is 2.03 bits per heavy atom. The van der Waals surface area contributed by atoms with Crippen LogP contribution in [0.15, 0.2) is 52.4 Å². The smallest absolute Gasteiger partial charge is 0.259 e. The SMILES string of the molecule is Cc1noc(C)c1C(=O)N1CCO[C@@]2(C1)C(=O)N(Cc1cccs1)C[C@H]2c1ccccc1. The van der Waals surface area contributed by atoms with Gasteiger partial charge in [-0.2, -0.15) is 0 Å². The number of hydrogen-bond donors (Lipinski definition) is 0. The maximum absolute atomic E-state index is 13.8. The van der Waals surface area contributed by atoms with Gasteiger partial charge in [0.1, 0.15) is 11.3 Å². The van der Waals surface area contributed by atoms with E-state index >= 15 is 0 Å². The van der Waals surface area contributed by atoms with Crippen LogP contribution >= 0.6 is 11.3 Å². The van der Waals surface area contributed by atoms with Crippen LogP contribution in [0.3, 0.4) is 0 Å². The zero-order chi connectivity index (χ0) is 22.3. The van der Waals surface area contributed by atoms with Gasteiger partial charge < -0.3 is 19.1 Å². The number of nitrogens with zero attached hydrogens (tertiary/aromatic N) is 3. The summed E-state index contributed by atoms with van der Waals surface area (Å²) in [4.78, 5) is 31.9. The topological polar surface area (TPSA) is 75.9 Å². The Hall–Kier alpha value is -2.97. The normalized spacial score (nSPS) is 23.3. The lowest BCUT2D eigenvalue weighted by atomic mass is 9.83. The molecule has 0 saturated carbocycles. The van der Waals surface area contributed by atoms with E-state index in [0.717, 1.165) is 10.4 Å². The summed E-state index contributed by atoms with van der Waals surface area (Å²) in [6.45, 7) is 5.52. The maximum Gasteiger partial charge on any atom is 0.259 e. The van der Waals surface area contributed by atoms with Crippen molar-refractivity contribution in [3.8, 4) is 0 Å². The van der Waals surface area contributed by atoms with Crippen molar-refractivity contribution >= 4 is 23.2 Å². The third kappa shape index (κ3) is 3.43. The Balaban J connectivity index is 1.49. The average molecular weight is 452 g/mol. The molecule has 1 aromatic carbocycles. The molecular weight excluding hydrogens is 426 g/mol. The number of morpholine rings is 1. The number of ether oxygens (including phenoxy) is 1. The van der Waals surface area contributed by atoms with Crippen LogP contribution in [0.5, 0.6) is 0 Å². The molecular formula is C24H25N3O4S. The summed E-state index contributed by atoms with van der Waals surface area (Å²) >= 11 is 1.63. The molecule has 2 amide bonds. The van der Waals surface area contributed by atoms with E-state index in [1.165, 1.54) is 0 Å². The van der Waals surface area contributed by atoms with Crippen LogP contribution in [-0.2, 0) is 16.1 Å². The van der Waals surface area contributed by atoms with E-state index in [2.05, 4.69) is 5.16 Å². The number of amides is 2. The second-order valence-electron chi connectivity index (χ2n) is 8.39. The van der Waals surface area contributed by atoms with Crippen LogP contribution in [-0.4, -0.2) is 58.6 Å². The van der Waals surface area contributed by atoms with Gasteiger partial charge in [-0.25, -0.2) is 0 Å². The molecule has 1 spiro atoms. The summed E-state index contributed by atoms with van der Waals surface area (Å²) in [5, 5.41) is 5.94. The minimum Gasteiger partial charge on any atom is -0.361 e. The van der Waals surface area contributed by atoms with Gasteiger partial charge in [-0.15, -0.1) is 11.3 Å². The molecule has 7 nitrogen and oxygen atoms in total. The van der Waals surface area contributed by atoms with Gasteiger partial charge in [0.2, 0.25) is 0 Å². The van der Waals surface area contributed by atoms with Crippen molar-refractivity contribution in [3.63, 3.8) is 0 Å². The van der Waals surface area contributed by atoms with Gasteiger partial charge >= 0.3 is 0 Å². The van der Waals surface area contributed by atoms with Crippen LogP contribution < -0.4 is 0 Å². The first-order chi connectivity index (χ1) is 15.5. The lowest BCUT2D eigenvalue weighted by Crippen LogP contribution is -2.59. The molecule has 2 atom stereocenters. The van der Waals surface area contributed by atoms with Crippen LogP contribution in [0.4, 0.5) is 0 Å². The lowest BCUT2D eigenvalue weighted by Gasteiger charge is -2.42. The van der Waals surface area contributed by atoms with Crippen LogP contribution in [0.25, 0.3) is 0 Å². The molecule has 166 valence electrons. The van der Waals surface area contributed by atoms with Gasteiger partial charge in [0, 0.05) is 23.9 Å². The number of aromatic nitrogens is 1. The summed E-state index contributed by atoms with van der Waals surface area (Å²) < 4.78 is 11.5. The van der Waals surface area contributed by atoms with Gasteiger partial charge in [-0.05, 0) is 30.9 Å². The standard InChI is InChI=1S/C24H25N3O4S/c1-16-21(17(2)31-25-16)22(28)26-10-11-30-24(15-26)20(18-7-4-3-5-8-18)14-27(23(24)29)13-19-9-6-12-32-19/h3-9,12,20H,10-11,13-15H2,1-2H3/t20-,24+/m0/s1. The molecule has 5 rings (SSSR count). The molecule has 2 aliphatic heterocycles. The van der Waals surface area contributed by atoms with Crippen LogP contribution in [0.2, 0.25) is 0 Å². The zero-order valence-electron chi connectivity index (χ0n) is 18.1. The predicted octanol–water partition coefficient (Wildman–Crippen LogP) is 3.39. The molecule has 3 aromatic rings. The Morgan fingerprint density at radius 1 is 1.22 bits per heavy atom. The third-order valence-corrected chi connectivity index (χ3v) is 7.29. The van der Waals surface area contributed by atoms with Crippen molar-refractivity contribution in [2.24, 2.45) is 0 Å². The summed E-state index contributed by atoms with van der Waals surface area (Å²) in [7, 11) is 0. The van der Waals surface area contributed by atoms with Crippen molar-refractivity contribution in [2.45, 2.75) is 31.9 Å². The van der Waals surface area contributed by atoms with E-state index in [4.69, 9.17) is 9.26 Å². The fraction of sp³-hybridized carbons (Fsp3) is 0.375. The second-order valence-corrected chi connectivity index (χ2v) is 9.42. The largest absolute Gasteiger partial charge is 0.361 e. The molecule has 0 radical (unpaired) electrons. The van der Waals surface area contributed by atoms with Crippen LogP contribution in [0.1, 0.15) is 38.2 Å². The molecule has 4 heterocycles. The maximum atomic E-state index is 13.8. The minimum atomic E-state index is -1.11. The Bertz CT molecular complexity index is 1110. The molecule has 2 aromatic heterocycles. The summed E-state index contributed by atoms with van der Waals surface area (Å²) in [5.74, 6) is 0.0948. The third-order valence-electron chi connectivity index (χ3n) is 6.42. The minimum absolute atomic E-state index is 0.0592. The van der Waals surface area contributed by atoms with Gasteiger partial charge in [-0.1, -0.05) is 41.6 Å². The highest BCUT2D eigenvalue weighted by atomic mass is 32.1. The summed E-state index contributed by atoms with van der Waals surface area (Å²) in [6.07, 6.45) is 0. The van der Waals surface area contributed by atoms with E-state index in [9.17, 15) is 9.59 Å². The number of carbonyl (C=O) groups excluding carboxylic acids is 2. The first kappa shape index (κ1) is 20.9. The number of hydrogen-bond acceptors (Lipinski definition) is 6. The Kier molecular flexibility index (Phi) is 5.35.